The van der Waals surface area contributed by atoms with Crippen LogP contribution in [0.4, 0.5) is 0 Å². The van der Waals surface area contributed by atoms with Crippen molar-refractivity contribution < 1.29 is 4.79 Å². The van der Waals surface area contributed by atoms with Gasteiger partial charge in [-0.25, -0.2) is 0 Å². The number of nitrogens with zero attached hydrogens (tertiary/aromatic N) is 1. The number of amides is 1. The topological polar surface area (TPSA) is 72.3 Å². The molecular formula is C11H19N3OS. The van der Waals surface area contributed by atoms with Gasteiger partial charge >= 0.3 is 0 Å². The number of hydrogen-bond donors (Lipinski definition) is 2. The lowest BCUT2D eigenvalue weighted by Gasteiger charge is -2.30. The van der Waals surface area contributed by atoms with Crippen LogP contribution in [0.3, 0.4) is 0 Å². The van der Waals surface area contributed by atoms with Gasteiger partial charge in [-0.2, -0.15) is 0 Å². The van der Waals surface area contributed by atoms with E-state index in [-0.39, 0.29) is 24.5 Å². The van der Waals surface area contributed by atoms with E-state index in [9.17, 15) is 4.79 Å². The molecule has 90 valence electrons. The summed E-state index contributed by atoms with van der Waals surface area (Å²) in [5.74, 6) is -0.327. The van der Waals surface area contributed by atoms with Gasteiger partial charge < -0.3 is 11.5 Å². The average Bonchev–Trinajstić information content (AvgIpc) is 2.69. The van der Waals surface area contributed by atoms with Crippen LogP contribution in [0.5, 0.6) is 0 Å². The minimum absolute atomic E-state index is 0.0167. The number of carbonyl (C=O) groups is 1. The minimum Gasteiger partial charge on any atom is -0.369 e. The van der Waals surface area contributed by atoms with Crippen molar-refractivity contribution in [1.29, 1.82) is 0 Å². The fourth-order valence-electron chi connectivity index (χ4n) is 1.78. The first kappa shape index (κ1) is 13.2. The largest absolute Gasteiger partial charge is 0.369 e. The maximum atomic E-state index is 10.9. The highest BCUT2D eigenvalue weighted by molar-refractivity contribution is 7.10. The highest BCUT2D eigenvalue weighted by Crippen LogP contribution is 2.27. The molecule has 1 aromatic heterocycles. The second-order valence-electron chi connectivity index (χ2n) is 3.91. The van der Waals surface area contributed by atoms with Gasteiger partial charge in [-0.3, -0.25) is 9.69 Å². The summed E-state index contributed by atoms with van der Waals surface area (Å²) in [6.45, 7) is 2.28. The van der Waals surface area contributed by atoms with Crippen LogP contribution < -0.4 is 11.5 Å². The summed E-state index contributed by atoms with van der Waals surface area (Å²) in [5, 5.41) is 2.02. The molecule has 0 saturated heterocycles. The summed E-state index contributed by atoms with van der Waals surface area (Å²) < 4.78 is 0. The van der Waals surface area contributed by atoms with Gasteiger partial charge in [0.2, 0.25) is 5.91 Å². The van der Waals surface area contributed by atoms with Gasteiger partial charge in [0.25, 0.3) is 0 Å². The standard InChI is InChI=1S/C11H19N3OS/c1-3-8(12)11(9-5-4-6-16-9)14(2)7-10(13)15/h4-6,8,11H,3,7,12H2,1-2H3,(H2,13,15). The summed E-state index contributed by atoms with van der Waals surface area (Å²) in [6, 6.07) is 4.12. The fraction of sp³-hybridized carbons (Fsp3) is 0.545. The number of hydrogen-bond acceptors (Lipinski definition) is 4. The monoisotopic (exact) mass is 241 g/mol. The molecule has 1 rings (SSSR count). The van der Waals surface area contributed by atoms with Crippen LogP contribution in [0.1, 0.15) is 24.3 Å². The molecule has 4 N–H and O–H groups in total. The zero-order chi connectivity index (χ0) is 12.1. The van der Waals surface area contributed by atoms with Crippen LogP contribution in [0.2, 0.25) is 0 Å². The van der Waals surface area contributed by atoms with Crippen molar-refractivity contribution in [2.24, 2.45) is 11.5 Å². The molecule has 0 aliphatic heterocycles. The number of nitrogens with two attached hydrogens (primary N) is 2. The SMILES string of the molecule is CCC(N)C(c1cccs1)N(C)CC(N)=O. The number of likely N-dealkylation sites (N-methyl/N-ethyl adjacent to an activating group) is 1. The summed E-state index contributed by atoms with van der Waals surface area (Å²) in [6.07, 6.45) is 0.867. The lowest BCUT2D eigenvalue weighted by atomic mass is 10.0. The molecule has 0 radical (unpaired) electrons. The Kier molecular flexibility index (Phi) is 4.92. The summed E-state index contributed by atoms with van der Waals surface area (Å²) in [5.41, 5.74) is 11.3. The van der Waals surface area contributed by atoms with E-state index in [1.807, 2.05) is 36.4 Å². The Morgan fingerprint density at radius 2 is 2.31 bits per heavy atom. The first-order valence-corrected chi connectivity index (χ1v) is 6.21. The fourth-order valence-corrected chi connectivity index (χ4v) is 2.75. The van der Waals surface area contributed by atoms with Gasteiger partial charge in [-0.05, 0) is 24.9 Å². The normalized spacial score (nSPS) is 15.0. The van der Waals surface area contributed by atoms with Gasteiger partial charge in [0, 0.05) is 10.9 Å². The molecule has 5 heteroatoms. The second-order valence-corrected chi connectivity index (χ2v) is 4.89. The molecule has 0 aliphatic carbocycles. The van der Waals surface area contributed by atoms with E-state index in [2.05, 4.69) is 0 Å². The van der Waals surface area contributed by atoms with Crippen molar-refractivity contribution in [2.75, 3.05) is 13.6 Å². The van der Waals surface area contributed by atoms with Crippen LogP contribution in [0.15, 0.2) is 17.5 Å². The molecule has 0 aliphatic rings. The van der Waals surface area contributed by atoms with Crippen molar-refractivity contribution in [3.8, 4) is 0 Å². The van der Waals surface area contributed by atoms with Crippen LogP contribution in [-0.2, 0) is 4.79 Å². The quantitative estimate of drug-likeness (QED) is 0.778. The van der Waals surface area contributed by atoms with E-state index in [4.69, 9.17) is 11.5 Å². The summed E-state index contributed by atoms with van der Waals surface area (Å²) in [4.78, 5) is 14.0. The third kappa shape index (κ3) is 3.30. The van der Waals surface area contributed by atoms with Gasteiger partial charge in [-0.15, -0.1) is 11.3 Å². The van der Waals surface area contributed by atoms with Crippen molar-refractivity contribution in [1.82, 2.24) is 4.90 Å². The zero-order valence-electron chi connectivity index (χ0n) is 9.72. The highest BCUT2D eigenvalue weighted by Gasteiger charge is 2.24. The number of rotatable bonds is 6. The first-order valence-electron chi connectivity index (χ1n) is 5.33. The van der Waals surface area contributed by atoms with Gasteiger partial charge in [0.1, 0.15) is 0 Å². The maximum absolute atomic E-state index is 10.9. The van der Waals surface area contributed by atoms with Gasteiger partial charge in [-0.1, -0.05) is 13.0 Å². The third-order valence-electron chi connectivity index (χ3n) is 2.59. The molecule has 0 bridgehead atoms. The van der Waals surface area contributed by atoms with E-state index in [0.717, 1.165) is 6.42 Å². The summed E-state index contributed by atoms with van der Waals surface area (Å²) in [7, 11) is 1.88. The Balaban J connectivity index is 2.83. The summed E-state index contributed by atoms with van der Waals surface area (Å²) >= 11 is 1.66. The molecule has 16 heavy (non-hydrogen) atoms. The van der Waals surface area contributed by atoms with Crippen molar-refractivity contribution in [3.63, 3.8) is 0 Å². The smallest absolute Gasteiger partial charge is 0.231 e. The van der Waals surface area contributed by atoms with E-state index in [0.29, 0.717) is 0 Å². The highest BCUT2D eigenvalue weighted by atomic mass is 32.1. The molecular weight excluding hydrogens is 222 g/mol. The molecule has 0 aromatic carbocycles. The van der Waals surface area contributed by atoms with Gasteiger partial charge in [0.15, 0.2) is 0 Å². The van der Waals surface area contributed by atoms with E-state index in [1.54, 1.807) is 11.3 Å². The Bertz CT molecular complexity index is 326. The predicted molar refractivity (Wildman–Crippen MR) is 67.2 cm³/mol. The molecule has 1 heterocycles. The van der Waals surface area contributed by atoms with Crippen LogP contribution in [0.25, 0.3) is 0 Å². The van der Waals surface area contributed by atoms with Crippen LogP contribution >= 0.6 is 11.3 Å². The molecule has 0 fully saturated rings. The lowest BCUT2D eigenvalue weighted by Crippen LogP contribution is -2.42. The number of thiophene rings is 1. The van der Waals surface area contributed by atoms with Crippen molar-refractivity contribution >= 4 is 17.2 Å². The van der Waals surface area contributed by atoms with E-state index < -0.39 is 0 Å². The van der Waals surface area contributed by atoms with Crippen LogP contribution in [0, 0.1) is 0 Å². The van der Waals surface area contributed by atoms with Gasteiger partial charge in [0.05, 0.1) is 12.6 Å². The Morgan fingerprint density at radius 3 is 2.75 bits per heavy atom. The molecule has 2 atom stereocenters. The molecule has 4 nitrogen and oxygen atoms in total. The minimum atomic E-state index is -0.327. The second kappa shape index (κ2) is 5.98. The third-order valence-corrected chi connectivity index (χ3v) is 3.53. The molecule has 0 spiro atoms. The predicted octanol–water partition coefficient (Wildman–Crippen LogP) is 0.944. The Hall–Kier alpha value is -0.910. The Labute approximate surface area is 100 Å². The average molecular weight is 241 g/mol. The molecule has 0 saturated carbocycles. The van der Waals surface area contributed by atoms with Crippen molar-refractivity contribution in [3.05, 3.63) is 22.4 Å². The van der Waals surface area contributed by atoms with E-state index in [1.165, 1.54) is 4.88 Å². The van der Waals surface area contributed by atoms with Crippen molar-refractivity contribution in [2.45, 2.75) is 25.4 Å². The van der Waals surface area contributed by atoms with Crippen LogP contribution in [-0.4, -0.2) is 30.4 Å². The maximum Gasteiger partial charge on any atom is 0.231 e. The lowest BCUT2D eigenvalue weighted by molar-refractivity contribution is -0.119. The zero-order valence-corrected chi connectivity index (χ0v) is 10.5. The number of primary amides is 1. The molecule has 1 aromatic rings. The molecule has 1 amide bonds. The molecule has 2 unspecified atom stereocenters. The number of carbonyl (C=O) groups excluding carboxylic acids is 1. The Morgan fingerprint density at radius 1 is 1.62 bits per heavy atom. The first-order chi connectivity index (χ1) is 7.56. The van der Waals surface area contributed by atoms with E-state index >= 15 is 0 Å².